The van der Waals surface area contributed by atoms with Gasteiger partial charge in [0.05, 0.1) is 18.0 Å². The first-order chi connectivity index (χ1) is 12.0. The monoisotopic (exact) mass is 357 g/mol. The zero-order chi connectivity index (χ0) is 18.0. The highest BCUT2D eigenvalue weighted by Crippen LogP contribution is 2.27. The number of carbonyl (C=O) groups is 1. The lowest BCUT2D eigenvalue weighted by Gasteiger charge is -2.13. The minimum absolute atomic E-state index is 0.135. The summed E-state index contributed by atoms with van der Waals surface area (Å²) in [6.45, 7) is 5.71. The summed E-state index contributed by atoms with van der Waals surface area (Å²) in [6.07, 6.45) is 0. The third-order valence-electron chi connectivity index (χ3n) is 3.68. The van der Waals surface area contributed by atoms with Gasteiger partial charge in [-0.1, -0.05) is 23.9 Å². The molecule has 1 atom stereocenters. The van der Waals surface area contributed by atoms with Gasteiger partial charge in [0.15, 0.2) is 5.16 Å². The Morgan fingerprint density at radius 2 is 2.04 bits per heavy atom. The molecule has 0 aliphatic rings. The van der Waals surface area contributed by atoms with E-state index in [9.17, 15) is 4.79 Å². The third kappa shape index (κ3) is 3.58. The molecule has 0 saturated carbocycles. The highest BCUT2D eigenvalue weighted by molar-refractivity contribution is 8.00. The number of aryl methyl sites for hydroxylation is 2. The maximum Gasteiger partial charge on any atom is 0.256 e. The molecule has 0 radical (unpaired) electrons. The van der Waals surface area contributed by atoms with E-state index in [2.05, 4.69) is 20.5 Å². The number of nitrogens with one attached hydrogen (secondary N) is 1. The van der Waals surface area contributed by atoms with Crippen LogP contribution in [0.1, 0.15) is 18.3 Å². The first-order valence-electron chi connectivity index (χ1n) is 7.79. The van der Waals surface area contributed by atoms with Crippen molar-refractivity contribution in [3.63, 3.8) is 0 Å². The molecular weight excluding hydrogens is 338 g/mol. The molecule has 7 nitrogen and oxygen atoms in total. The molecule has 1 amide bonds. The van der Waals surface area contributed by atoms with Gasteiger partial charge in [0.1, 0.15) is 5.75 Å². The number of nitrogens with zero attached hydrogens (tertiary/aromatic N) is 4. The highest BCUT2D eigenvalue weighted by Gasteiger charge is 2.20. The fraction of sp³-hybridized carbons (Fsp3) is 0.294. The number of aromatic nitrogens is 4. The molecular formula is C17H19N5O2S. The molecule has 3 aromatic rings. The molecule has 1 aromatic carbocycles. The molecule has 130 valence electrons. The number of hydrogen-bond acceptors (Lipinski definition) is 6. The molecule has 1 N–H and O–H groups in total. The molecule has 0 fully saturated rings. The Morgan fingerprint density at radius 1 is 1.28 bits per heavy atom. The quantitative estimate of drug-likeness (QED) is 0.707. The number of para-hydroxylation sites is 2. The number of thioether (sulfide) groups is 1. The topological polar surface area (TPSA) is 81.4 Å². The molecule has 25 heavy (non-hydrogen) atoms. The van der Waals surface area contributed by atoms with Crippen LogP contribution in [-0.2, 0) is 4.79 Å². The summed E-state index contributed by atoms with van der Waals surface area (Å²) in [5.41, 5.74) is 2.50. The standard InChI is InChI=1S/C17H19N5O2S/c1-10-9-11(2)22-16(18-10)20-21-17(22)25-12(3)15(23)19-13-7-5-6-8-14(13)24-4/h5-9,12H,1-4H3,(H,19,23)/t12-/m1/s1. The smallest absolute Gasteiger partial charge is 0.256 e. The lowest BCUT2D eigenvalue weighted by molar-refractivity contribution is -0.115. The minimum Gasteiger partial charge on any atom is -0.495 e. The van der Waals surface area contributed by atoms with Gasteiger partial charge in [-0.3, -0.25) is 9.20 Å². The van der Waals surface area contributed by atoms with Crippen LogP contribution < -0.4 is 10.1 Å². The van der Waals surface area contributed by atoms with E-state index in [1.165, 1.54) is 11.8 Å². The zero-order valence-electron chi connectivity index (χ0n) is 14.5. The van der Waals surface area contributed by atoms with Crippen LogP contribution in [0.15, 0.2) is 35.5 Å². The lowest BCUT2D eigenvalue weighted by atomic mass is 10.3. The van der Waals surface area contributed by atoms with Crippen LogP contribution in [0.3, 0.4) is 0 Å². The second kappa shape index (κ2) is 7.10. The molecule has 0 aliphatic heterocycles. The Hall–Kier alpha value is -2.61. The zero-order valence-corrected chi connectivity index (χ0v) is 15.3. The van der Waals surface area contributed by atoms with Crippen molar-refractivity contribution >= 4 is 29.1 Å². The average Bonchev–Trinajstić information content (AvgIpc) is 2.98. The number of benzene rings is 1. The van der Waals surface area contributed by atoms with E-state index in [4.69, 9.17) is 4.74 Å². The molecule has 0 unspecified atom stereocenters. The summed E-state index contributed by atoms with van der Waals surface area (Å²) in [5, 5.41) is 11.4. The van der Waals surface area contributed by atoms with E-state index in [1.54, 1.807) is 19.2 Å². The van der Waals surface area contributed by atoms with Crippen molar-refractivity contribution < 1.29 is 9.53 Å². The number of fused-ring (bicyclic) bond motifs is 1. The van der Waals surface area contributed by atoms with Crippen molar-refractivity contribution in [2.75, 3.05) is 12.4 Å². The summed E-state index contributed by atoms with van der Waals surface area (Å²) >= 11 is 1.34. The van der Waals surface area contributed by atoms with Crippen molar-refractivity contribution in [3.05, 3.63) is 41.7 Å². The fourth-order valence-electron chi connectivity index (χ4n) is 2.47. The molecule has 8 heteroatoms. The Kier molecular flexibility index (Phi) is 4.89. The van der Waals surface area contributed by atoms with Gasteiger partial charge in [-0.05, 0) is 39.0 Å². The molecule has 0 aliphatic carbocycles. The Balaban J connectivity index is 1.78. The van der Waals surface area contributed by atoms with Crippen LogP contribution >= 0.6 is 11.8 Å². The van der Waals surface area contributed by atoms with Crippen LogP contribution in [0, 0.1) is 13.8 Å². The van der Waals surface area contributed by atoms with E-state index >= 15 is 0 Å². The van der Waals surface area contributed by atoms with E-state index < -0.39 is 0 Å². The largest absolute Gasteiger partial charge is 0.495 e. The maximum atomic E-state index is 12.5. The fourth-order valence-corrected chi connectivity index (χ4v) is 3.37. The molecule has 2 heterocycles. The predicted molar refractivity (Wildman–Crippen MR) is 97.2 cm³/mol. The molecule has 3 rings (SSSR count). The van der Waals surface area contributed by atoms with Gasteiger partial charge >= 0.3 is 0 Å². The Labute approximate surface area is 149 Å². The summed E-state index contributed by atoms with van der Waals surface area (Å²) in [6, 6.07) is 9.26. The second-order valence-corrected chi connectivity index (χ2v) is 6.91. The van der Waals surface area contributed by atoms with Gasteiger partial charge in [0.2, 0.25) is 5.91 Å². The van der Waals surface area contributed by atoms with Crippen LogP contribution in [-0.4, -0.2) is 37.8 Å². The van der Waals surface area contributed by atoms with Crippen LogP contribution in [0.4, 0.5) is 5.69 Å². The van der Waals surface area contributed by atoms with Crippen molar-refractivity contribution in [1.29, 1.82) is 0 Å². The van der Waals surface area contributed by atoms with E-state index in [0.29, 0.717) is 22.4 Å². The summed E-state index contributed by atoms with van der Waals surface area (Å²) in [5.74, 6) is 1.03. The van der Waals surface area contributed by atoms with E-state index in [0.717, 1.165) is 11.4 Å². The SMILES string of the molecule is COc1ccccc1NC(=O)[C@@H](C)Sc1nnc2nc(C)cc(C)n12. The number of rotatable bonds is 5. The lowest BCUT2D eigenvalue weighted by Crippen LogP contribution is -2.23. The summed E-state index contributed by atoms with van der Waals surface area (Å²) < 4.78 is 7.11. The maximum absolute atomic E-state index is 12.5. The van der Waals surface area contributed by atoms with Gasteiger partial charge < -0.3 is 10.1 Å². The second-order valence-electron chi connectivity index (χ2n) is 5.61. The number of methoxy groups -OCH3 is 1. The number of hydrogen-bond donors (Lipinski definition) is 1. The van der Waals surface area contributed by atoms with Crippen molar-refractivity contribution in [1.82, 2.24) is 19.6 Å². The van der Waals surface area contributed by atoms with Gasteiger partial charge in [-0.2, -0.15) is 0 Å². The van der Waals surface area contributed by atoms with E-state index in [-0.39, 0.29) is 11.2 Å². The molecule has 2 aromatic heterocycles. The van der Waals surface area contributed by atoms with Crippen molar-refractivity contribution in [2.45, 2.75) is 31.2 Å². The molecule has 0 saturated heterocycles. The first-order valence-corrected chi connectivity index (χ1v) is 8.67. The first kappa shape index (κ1) is 17.2. The number of carbonyl (C=O) groups excluding carboxylic acids is 1. The normalized spacial score (nSPS) is 12.2. The number of amides is 1. The average molecular weight is 357 g/mol. The summed E-state index contributed by atoms with van der Waals surface area (Å²) in [4.78, 5) is 16.9. The molecule has 0 spiro atoms. The number of ether oxygens (including phenoxy) is 1. The van der Waals surface area contributed by atoms with Crippen molar-refractivity contribution in [3.8, 4) is 5.75 Å². The van der Waals surface area contributed by atoms with Gasteiger partial charge in [-0.25, -0.2) is 4.98 Å². The number of anilines is 1. The van der Waals surface area contributed by atoms with Crippen LogP contribution in [0.2, 0.25) is 0 Å². The van der Waals surface area contributed by atoms with Crippen LogP contribution in [0.5, 0.6) is 5.75 Å². The summed E-state index contributed by atoms with van der Waals surface area (Å²) in [7, 11) is 1.57. The van der Waals surface area contributed by atoms with E-state index in [1.807, 2.05) is 43.4 Å². The van der Waals surface area contributed by atoms with Crippen LogP contribution in [0.25, 0.3) is 5.78 Å². The van der Waals surface area contributed by atoms with Crippen molar-refractivity contribution in [2.24, 2.45) is 0 Å². The Morgan fingerprint density at radius 3 is 2.80 bits per heavy atom. The van der Waals surface area contributed by atoms with Gasteiger partial charge in [-0.15, -0.1) is 10.2 Å². The van der Waals surface area contributed by atoms with Gasteiger partial charge in [0, 0.05) is 11.4 Å². The highest BCUT2D eigenvalue weighted by atomic mass is 32.2. The third-order valence-corrected chi connectivity index (χ3v) is 4.72. The predicted octanol–water partition coefficient (Wildman–Crippen LogP) is 2.87. The molecule has 0 bridgehead atoms. The van der Waals surface area contributed by atoms with Gasteiger partial charge in [0.25, 0.3) is 5.78 Å². The Bertz CT molecular complexity index is 925. The minimum atomic E-state index is -0.363.